The number of para-hydroxylation sites is 1. The maximum atomic E-state index is 13.8. The molecule has 4 atom stereocenters. The SMILES string of the molecule is CC(C)CC(NC(=O)C(Cc1c[nH]c2ccccc12)NC(=O)C(Cc1ccccc1)NC(=O)C(N)Cc1cnc[nH]1)C(=O)O. The molecule has 0 aliphatic rings. The number of carbonyl (C=O) groups excluding carboxylic acids is 3. The highest BCUT2D eigenvalue weighted by atomic mass is 16.4. The summed E-state index contributed by atoms with van der Waals surface area (Å²) in [6.07, 6.45) is 5.44. The number of carboxylic acids is 1. The zero-order valence-electron chi connectivity index (χ0n) is 24.7. The van der Waals surface area contributed by atoms with Crippen molar-refractivity contribution in [1.82, 2.24) is 30.9 Å². The molecule has 0 bridgehead atoms. The van der Waals surface area contributed by atoms with Crippen molar-refractivity contribution >= 4 is 34.6 Å². The van der Waals surface area contributed by atoms with Crippen molar-refractivity contribution in [3.8, 4) is 0 Å². The minimum Gasteiger partial charge on any atom is -0.480 e. The number of amides is 3. The van der Waals surface area contributed by atoms with Gasteiger partial charge in [-0.05, 0) is 29.5 Å². The quantitative estimate of drug-likeness (QED) is 0.108. The molecule has 44 heavy (non-hydrogen) atoms. The van der Waals surface area contributed by atoms with Crippen LogP contribution >= 0.6 is 0 Å². The van der Waals surface area contributed by atoms with Crippen LogP contribution in [0.25, 0.3) is 10.9 Å². The number of nitrogens with zero attached hydrogens (tertiary/aromatic N) is 1. The molecule has 2 heterocycles. The van der Waals surface area contributed by atoms with Gasteiger partial charge in [0.25, 0.3) is 0 Å². The fraction of sp³-hybridized carbons (Fsp3) is 0.344. The number of aliphatic carboxylic acids is 1. The molecular weight excluding hydrogens is 562 g/mol. The van der Waals surface area contributed by atoms with Gasteiger partial charge in [0.05, 0.1) is 12.4 Å². The van der Waals surface area contributed by atoms with Crippen molar-refractivity contribution in [2.24, 2.45) is 11.7 Å². The van der Waals surface area contributed by atoms with E-state index in [0.29, 0.717) is 5.69 Å². The molecule has 0 spiro atoms. The molecule has 232 valence electrons. The molecule has 2 aromatic carbocycles. The summed E-state index contributed by atoms with van der Waals surface area (Å²) in [5.41, 5.74) is 9.23. The number of nitrogens with one attached hydrogen (secondary N) is 5. The summed E-state index contributed by atoms with van der Waals surface area (Å²) in [4.78, 5) is 62.5. The minimum atomic E-state index is -1.16. The lowest BCUT2D eigenvalue weighted by atomic mass is 10.00. The number of nitrogens with two attached hydrogens (primary N) is 1. The lowest BCUT2D eigenvalue weighted by molar-refractivity contribution is -0.142. The largest absolute Gasteiger partial charge is 0.480 e. The van der Waals surface area contributed by atoms with Crippen molar-refractivity contribution in [1.29, 1.82) is 0 Å². The molecule has 8 N–H and O–H groups in total. The standard InChI is InChI=1S/C32H39N7O5/c1-19(2)12-28(32(43)44)39-31(42)27(14-21-16-35-25-11-7-6-10-23(21)25)38-30(41)26(13-20-8-4-3-5-9-20)37-29(40)24(33)15-22-17-34-18-36-22/h3-11,16-19,24,26-28,35H,12-15,33H2,1-2H3,(H,34,36)(H,37,40)(H,38,41)(H,39,42)(H,43,44). The van der Waals surface area contributed by atoms with Gasteiger partial charge in [-0.15, -0.1) is 0 Å². The lowest BCUT2D eigenvalue weighted by Gasteiger charge is -2.26. The zero-order valence-corrected chi connectivity index (χ0v) is 24.7. The molecule has 0 saturated heterocycles. The summed E-state index contributed by atoms with van der Waals surface area (Å²) in [7, 11) is 0. The number of hydrogen-bond donors (Lipinski definition) is 7. The van der Waals surface area contributed by atoms with E-state index in [1.807, 2.05) is 68.4 Å². The molecule has 2 aromatic heterocycles. The minimum absolute atomic E-state index is 0.00879. The van der Waals surface area contributed by atoms with E-state index in [9.17, 15) is 24.3 Å². The van der Waals surface area contributed by atoms with E-state index < -0.39 is 47.9 Å². The first-order chi connectivity index (χ1) is 21.1. The van der Waals surface area contributed by atoms with Gasteiger partial charge in [-0.2, -0.15) is 0 Å². The van der Waals surface area contributed by atoms with Crippen molar-refractivity contribution < 1.29 is 24.3 Å². The number of carbonyl (C=O) groups is 4. The Morgan fingerprint density at radius 2 is 1.45 bits per heavy atom. The van der Waals surface area contributed by atoms with Crippen molar-refractivity contribution in [3.05, 3.63) is 90.1 Å². The van der Waals surface area contributed by atoms with E-state index in [1.54, 1.807) is 12.4 Å². The topological polar surface area (TPSA) is 195 Å². The third kappa shape index (κ3) is 8.77. The average Bonchev–Trinajstić information content (AvgIpc) is 3.66. The van der Waals surface area contributed by atoms with Gasteiger partial charge in [-0.25, -0.2) is 9.78 Å². The zero-order chi connectivity index (χ0) is 31.6. The molecule has 4 rings (SSSR count). The van der Waals surface area contributed by atoms with Crippen LogP contribution in [0.4, 0.5) is 0 Å². The van der Waals surface area contributed by atoms with E-state index in [1.165, 1.54) is 6.33 Å². The summed E-state index contributed by atoms with van der Waals surface area (Å²) < 4.78 is 0. The molecule has 12 heteroatoms. The van der Waals surface area contributed by atoms with Crippen LogP contribution in [0.2, 0.25) is 0 Å². The monoisotopic (exact) mass is 601 g/mol. The van der Waals surface area contributed by atoms with Crippen molar-refractivity contribution in [3.63, 3.8) is 0 Å². The van der Waals surface area contributed by atoms with Gasteiger partial charge in [-0.3, -0.25) is 14.4 Å². The molecule has 4 aromatic rings. The first-order valence-electron chi connectivity index (χ1n) is 14.6. The number of benzene rings is 2. The predicted octanol–water partition coefficient (Wildman–Crippen LogP) is 1.83. The number of hydrogen-bond acceptors (Lipinski definition) is 6. The summed E-state index contributed by atoms with van der Waals surface area (Å²) in [5, 5.41) is 18.8. The van der Waals surface area contributed by atoms with Gasteiger partial charge in [0.2, 0.25) is 17.7 Å². The molecular formula is C32H39N7O5. The normalized spacial score (nSPS) is 14.0. The van der Waals surface area contributed by atoms with Crippen molar-refractivity contribution in [2.45, 2.75) is 63.7 Å². The third-order valence-corrected chi connectivity index (χ3v) is 7.30. The molecule has 4 unspecified atom stereocenters. The second-order valence-electron chi connectivity index (χ2n) is 11.3. The number of imidazole rings is 1. The van der Waals surface area contributed by atoms with Crippen LogP contribution in [-0.2, 0) is 38.4 Å². The number of rotatable bonds is 15. The van der Waals surface area contributed by atoms with Crippen LogP contribution in [0.15, 0.2) is 73.3 Å². The van der Waals surface area contributed by atoms with E-state index in [-0.39, 0.29) is 31.6 Å². The maximum Gasteiger partial charge on any atom is 0.326 e. The van der Waals surface area contributed by atoms with E-state index in [2.05, 4.69) is 30.9 Å². The Bertz CT molecular complexity index is 1550. The summed E-state index contributed by atoms with van der Waals surface area (Å²) in [6, 6.07) is 12.4. The Labute approximate surface area is 255 Å². The van der Waals surface area contributed by atoms with Gasteiger partial charge in [0.1, 0.15) is 18.1 Å². The first-order valence-corrected chi connectivity index (χ1v) is 14.6. The third-order valence-electron chi connectivity index (χ3n) is 7.30. The van der Waals surface area contributed by atoms with E-state index in [4.69, 9.17) is 5.73 Å². The lowest BCUT2D eigenvalue weighted by Crippen LogP contribution is -2.58. The van der Waals surface area contributed by atoms with Crippen molar-refractivity contribution in [2.75, 3.05) is 0 Å². The Morgan fingerprint density at radius 1 is 0.818 bits per heavy atom. The molecule has 3 amide bonds. The highest BCUT2D eigenvalue weighted by molar-refractivity contribution is 5.95. The number of H-pyrrole nitrogens is 2. The van der Waals surface area contributed by atoms with E-state index >= 15 is 0 Å². The number of aromatic nitrogens is 3. The summed E-state index contributed by atoms with van der Waals surface area (Å²) in [5.74, 6) is -2.94. The molecule has 0 fully saturated rings. The van der Waals surface area contributed by atoms with Crippen LogP contribution < -0.4 is 21.7 Å². The fourth-order valence-corrected chi connectivity index (χ4v) is 5.03. The first kappa shape index (κ1) is 32.0. The van der Waals surface area contributed by atoms with Crippen LogP contribution in [0.5, 0.6) is 0 Å². The Hall–Kier alpha value is -4.97. The van der Waals surface area contributed by atoms with Crippen LogP contribution in [-0.4, -0.2) is 67.9 Å². The Morgan fingerprint density at radius 3 is 2.11 bits per heavy atom. The number of aromatic amines is 2. The fourth-order valence-electron chi connectivity index (χ4n) is 5.03. The van der Waals surface area contributed by atoms with Crippen LogP contribution in [0.3, 0.4) is 0 Å². The van der Waals surface area contributed by atoms with Crippen LogP contribution in [0.1, 0.15) is 37.1 Å². The number of carboxylic acid groups (broad SMARTS) is 1. The number of fused-ring (bicyclic) bond motifs is 1. The molecule has 0 radical (unpaired) electrons. The predicted molar refractivity (Wildman–Crippen MR) is 165 cm³/mol. The smallest absolute Gasteiger partial charge is 0.326 e. The second kappa shape index (κ2) is 15.0. The van der Waals surface area contributed by atoms with Gasteiger partial charge in [-0.1, -0.05) is 62.4 Å². The van der Waals surface area contributed by atoms with E-state index in [0.717, 1.165) is 22.0 Å². The van der Waals surface area contributed by atoms with Gasteiger partial charge in [0.15, 0.2) is 0 Å². The van der Waals surface area contributed by atoms with Gasteiger partial charge in [0, 0.05) is 48.3 Å². The second-order valence-corrected chi connectivity index (χ2v) is 11.3. The molecule has 0 aliphatic carbocycles. The summed E-state index contributed by atoms with van der Waals surface area (Å²) >= 11 is 0. The molecule has 0 saturated carbocycles. The van der Waals surface area contributed by atoms with Crippen LogP contribution in [0, 0.1) is 5.92 Å². The summed E-state index contributed by atoms with van der Waals surface area (Å²) in [6.45, 7) is 3.72. The molecule has 0 aliphatic heterocycles. The highest BCUT2D eigenvalue weighted by Crippen LogP contribution is 2.20. The average molecular weight is 602 g/mol. The maximum absolute atomic E-state index is 13.8. The van der Waals surface area contributed by atoms with Gasteiger partial charge < -0.3 is 36.8 Å². The Balaban J connectivity index is 1.58. The highest BCUT2D eigenvalue weighted by Gasteiger charge is 2.31. The van der Waals surface area contributed by atoms with Gasteiger partial charge >= 0.3 is 5.97 Å². The molecule has 12 nitrogen and oxygen atoms in total. The Kier molecular flexibility index (Phi) is 10.9.